The molecule has 6 heteroatoms. The predicted molar refractivity (Wildman–Crippen MR) is 86.9 cm³/mol. The van der Waals surface area contributed by atoms with Gasteiger partial charge in [0, 0.05) is 13.1 Å². The number of aromatic nitrogens is 3. The molecule has 1 N–H and O–H groups in total. The Labute approximate surface area is 137 Å². The average molecular weight is 317 g/mol. The molecule has 4 rings (SSSR count). The summed E-state index contributed by atoms with van der Waals surface area (Å²) in [5.74, 6) is 0.895. The number of nitrogens with zero attached hydrogens (tertiary/aromatic N) is 4. The minimum Gasteiger partial charge on any atom is -0.328 e. The van der Waals surface area contributed by atoms with Crippen LogP contribution in [0.2, 0.25) is 0 Å². The Kier molecular flexibility index (Phi) is 3.77. The zero-order valence-corrected chi connectivity index (χ0v) is 14.0. The second kappa shape index (κ2) is 5.80. The maximum Gasteiger partial charge on any atom is 0.317 e. The normalized spacial score (nSPS) is 29.5. The number of hydrogen-bond donors (Lipinski definition) is 1. The SMILES string of the molecule is CC1CC(NC(=O)N2CCC3(CCCCC3)CC2)c2ncnn21. The van der Waals surface area contributed by atoms with Gasteiger partial charge in [0.1, 0.15) is 12.2 Å². The Morgan fingerprint density at radius 1 is 1.22 bits per heavy atom. The summed E-state index contributed by atoms with van der Waals surface area (Å²) >= 11 is 0. The molecule has 0 bridgehead atoms. The summed E-state index contributed by atoms with van der Waals surface area (Å²) in [5.41, 5.74) is 0.539. The van der Waals surface area contributed by atoms with Crippen LogP contribution < -0.4 is 5.32 Å². The van der Waals surface area contributed by atoms with Gasteiger partial charge in [0.05, 0.1) is 12.1 Å². The summed E-state index contributed by atoms with van der Waals surface area (Å²) in [5, 5.41) is 7.42. The van der Waals surface area contributed by atoms with E-state index < -0.39 is 0 Å². The van der Waals surface area contributed by atoms with Crippen LogP contribution in [0.5, 0.6) is 0 Å². The number of urea groups is 1. The number of carbonyl (C=O) groups is 1. The lowest BCUT2D eigenvalue weighted by molar-refractivity contribution is 0.0803. The van der Waals surface area contributed by atoms with E-state index in [0.29, 0.717) is 11.5 Å². The zero-order valence-electron chi connectivity index (χ0n) is 14.0. The summed E-state index contributed by atoms with van der Waals surface area (Å²) in [4.78, 5) is 18.9. The third-order valence-electron chi connectivity index (χ3n) is 6.23. The van der Waals surface area contributed by atoms with Crippen LogP contribution in [0, 0.1) is 5.41 Å². The van der Waals surface area contributed by atoms with Crippen molar-refractivity contribution < 1.29 is 4.79 Å². The summed E-state index contributed by atoms with van der Waals surface area (Å²) in [6.07, 6.45) is 11.7. The summed E-state index contributed by atoms with van der Waals surface area (Å²) < 4.78 is 1.93. The molecule has 1 saturated heterocycles. The lowest BCUT2D eigenvalue weighted by Crippen LogP contribution is -2.48. The topological polar surface area (TPSA) is 63.1 Å². The van der Waals surface area contributed by atoms with Crippen molar-refractivity contribution in [3.63, 3.8) is 0 Å². The van der Waals surface area contributed by atoms with Gasteiger partial charge in [-0.1, -0.05) is 19.3 Å². The third-order valence-corrected chi connectivity index (χ3v) is 6.23. The molecular weight excluding hydrogens is 290 g/mol. The molecular formula is C17H27N5O. The van der Waals surface area contributed by atoms with Gasteiger partial charge < -0.3 is 10.2 Å². The van der Waals surface area contributed by atoms with Crippen LogP contribution in [-0.2, 0) is 0 Å². The monoisotopic (exact) mass is 317 g/mol. The Bertz CT molecular complexity index is 567. The first kappa shape index (κ1) is 15.0. The Morgan fingerprint density at radius 3 is 2.70 bits per heavy atom. The molecule has 3 aliphatic rings. The molecule has 1 saturated carbocycles. The molecule has 3 heterocycles. The molecule has 1 aliphatic carbocycles. The summed E-state index contributed by atoms with van der Waals surface area (Å²) in [7, 11) is 0. The molecule has 23 heavy (non-hydrogen) atoms. The Hall–Kier alpha value is -1.59. The smallest absolute Gasteiger partial charge is 0.317 e. The van der Waals surface area contributed by atoms with Gasteiger partial charge in [-0.25, -0.2) is 14.5 Å². The van der Waals surface area contributed by atoms with Crippen LogP contribution >= 0.6 is 0 Å². The maximum absolute atomic E-state index is 12.6. The lowest BCUT2D eigenvalue weighted by atomic mass is 9.68. The van der Waals surface area contributed by atoms with E-state index in [0.717, 1.165) is 25.3 Å². The van der Waals surface area contributed by atoms with E-state index in [9.17, 15) is 4.79 Å². The molecule has 2 amide bonds. The molecule has 1 aromatic rings. The van der Waals surface area contributed by atoms with Crippen molar-refractivity contribution in [1.82, 2.24) is 25.0 Å². The quantitative estimate of drug-likeness (QED) is 0.866. The highest BCUT2D eigenvalue weighted by atomic mass is 16.2. The van der Waals surface area contributed by atoms with Crippen molar-refractivity contribution in [1.29, 1.82) is 0 Å². The van der Waals surface area contributed by atoms with Gasteiger partial charge in [-0.15, -0.1) is 0 Å². The van der Waals surface area contributed by atoms with Crippen molar-refractivity contribution >= 4 is 6.03 Å². The van der Waals surface area contributed by atoms with Crippen molar-refractivity contribution in [3.05, 3.63) is 12.2 Å². The maximum atomic E-state index is 12.6. The minimum atomic E-state index is 0.00515. The van der Waals surface area contributed by atoms with Crippen molar-refractivity contribution in [2.75, 3.05) is 13.1 Å². The van der Waals surface area contributed by atoms with Crippen LogP contribution in [0.25, 0.3) is 0 Å². The first-order valence-corrected chi connectivity index (χ1v) is 9.12. The number of rotatable bonds is 1. The highest BCUT2D eigenvalue weighted by molar-refractivity contribution is 5.74. The van der Waals surface area contributed by atoms with Gasteiger partial charge in [-0.2, -0.15) is 5.10 Å². The van der Waals surface area contributed by atoms with Gasteiger partial charge in [0.15, 0.2) is 0 Å². The number of hydrogen-bond acceptors (Lipinski definition) is 3. The van der Waals surface area contributed by atoms with Crippen LogP contribution in [-0.4, -0.2) is 38.8 Å². The third kappa shape index (κ3) is 2.72. The number of likely N-dealkylation sites (tertiary alicyclic amines) is 1. The minimum absolute atomic E-state index is 0.00515. The van der Waals surface area contributed by atoms with E-state index in [4.69, 9.17) is 0 Å². The van der Waals surface area contributed by atoms with E-state index in [1.54, 1.807) is 6.33 Å². The largest absolute Gasteiger partial charge is 0.328 e. The van der Waals surface area contributed by atoms with E-state index in [1.165, 1.54) is 44.9 Å². The molecule has 1 aromatic heterocycles. The highest BCUT2D eigenvalue weighted by Crippen LogP contribution is 2.44. The average Bonchev–Trinajstić information content (AvgIpc) is 3.14. The molecule has 6 nitrogen and oxygen atoms in total. The van der Waals surface area contributed by atoms with E-state index in [1.807, 2.05) is 9.58 Å². The molecule has 126 valence electrons. The number of piperidine rings is 1. The van der Waals surface area contributed by atoms with E-state index >= 15 is 0 Å². The zero-order chi connectivity index (χ0) is 15.9. The number of amides is 2. The Morgan fingerprint density at radius 2 is 1.96 bits per heavy atom. The summed E-state index contributed by atoms with van der Waals surface area (Å²) in [6.45, 7) is 3.93. The van der Waals surface area contributed by atoms with Crippen LogP contribution in [0.1, 0.15) is 76.2 Å². The first-order valence-electron chi connectivity index (χ1n) is 9.12. The van der Waals surface area contributed by atoms with Gasteiger partial charge >= 0.3 is 6.03 Å². The van der Waals surface area contributed by atoms with Gasteiger partial charge in [0.2, 0.25) is 0 Å². The molecule has 2 atom stereocenters. The first-order chi connectivity index (χ1) is 11.2. The number of fused-ring (bicyclic) bond motifs is 1. The second-order valence-corrected chi connectivity index (χ2v) is 7.70. The van der Waals surface area contributed by atoms with E-state index in [-0.39, 0.29) is 12.1 Å². The fourth-order valence-corrected chi connectivity index (χ4v) is 4.74. The number of carbonyl (C=O) groups excluding carboxylic acids is 1. The Balaban J connectivity index is 1.34. The highest BCUT2D eigenvalue weighted by Gasteiger charge is 2.38. The second-order valence-electron chi connectivity index (χ2n) is 7.70. The lowest BCUT2D eigenvalue weighted by Gasteiger charge is -2.44. The predicted octanol–water partition coefficient (Wildman–Crippen LogP) is 3.04. The van der Waals surface area contributed by atoms with E-state index in [2.05, 4.69) is 22.3 Å². The fourth-order valence-electron chi connectivity index (χ4n) is 4.74. The van der Waals surface area contributed by atoms with Gasteiger partial charge in [-0.05, 0) is 44.4 Å². The van der Waals surface area contributed by atoms with Gasteiger partial charge in [-0.3, -0.25) is 0 Å². The summed E-state index contributed by atoms with van der Waals surface area (Å²) in [6, 6.07) is 0.388. The molecule has 2 fully saturated rings. The van der Waals surface area contributed by atoms with Crippen molar-refractivity contribution in [2.45, 2.75) is 70.4 Å². The molecule has 1 spiro atoms. The van der Waals surface area contributed by atoms with Gasteiger partial charge in [0.25, 0.3) is 0 Å². The van der Waals surface area contributed by atoms with Crippen LogP contribution in [0.4, 0.5) is 4.79 Å². The molecule has 0 radical (unpaired) electrons. The standard InChI is InChI=1S/C17H27N5O/c1-13-11-14(15-18-12-19-22(13)15)20-16(23)21-9-7-17(8-10-21)5-3-2-4-6-17/h12-14H,2-11H2,1H3,(H,20,23). The fraction of sp³-hybridized carbons (Fsp3) is 0.824. The number of nitrogens with one attached hydrogen (secondary N) is 1. The van der Waals surface area contributed by atoms with Crippen LogP contribution in [0.3, 0.4) is 0 Å². The van der Waals surface area contributed by atoms with Crippen LogP contribution in [0.15, 0.2) is 6.33 Å². The molecule has 2 aliphatic heterocycles. The molecule has 2 unspecified atom stereocenters. The van der Waals surface area contributed by atoms with Crippen molar-refractivity contribution in [2.24, 2.45) is 5.41 Å². The molecule has 0 aromatic carbocycles. The van der Waals surface area contributed by atoms with Crippen molar-refractivity contribution in [3.8, 4) is 0 Å².